The Bertz CT molecular complexity index is 1230. The number of phosphoric acid groups is 1. The number of carbonyl (C=O) groups is 3. The van der Waals surface area contributed by atoms with Crippen LogP contribution in [0.15, 0.2) is 23.8 Å². The molecular weight excluding hydrogens is 733 g/mol. The van der Waals surface area contributed by atoms with Crippen molar-refractivity contribution in [3.63, 3.8) is 0 Å². The summed E-state index contributed by atoms with van der Waals surface area (Å²) >= 11 is 0. The second kappa shape index (κ2) is 28.7. The molecule has 1 heterocycles. The van der Waals surface area contributed by atoms with Crippen LogP contribution in [0.2, 0.25) is 0 Å². The minimum Gasteiger partial charge on any atom is -0.465 e. The molecule has 0 aromatic rings. The zero-order chi connectivity index (χ0) is 41.2. The van der Waals surface area contributed by atoms with Crippen LogP contribution >= 0.6 is 7.82 Å². The summed E-state index contributed by atoms with van der Waals surface area (Å²) in [6.07, 6.45) is 27.4. The van der Waals surface area contributed by atoms with Crippen molar-refractivity contribution in [1.82, 2.24) is 0 Å². The monoisotopic (exact) mass is 813 g/mol. The lowest BCUT2D eigenvalue weighted by atomic mass is 9.94. The zero-order valence-corrected chi connectivity index (χ0v) is 36.7. The molecule has 1 aliphatic carbocycles. The Morgan fingerprint density at radius 1 is 0.839 bits per heavy atom. The molecule has 1 saturated carbocycles. The normalized spacial score (nSPS) is 22.2. The predicted molar refractivity (Wildman–Crippen MR) is 222 cm³/mol. The average Bonchev–Trinajstić information content (AvgIpc) is 3.82. The van der Waals surface area contributed by atoms with E-state index in [0.717, 1.165) is 38.5 Å². The molecule has 56 heavy (non-hydrogen) atoms. The number of ketones is 2. The first-order chi connectivity index (χ1) is 26.8. The number of epoxide rings is 1. The van der Waals surface area contributed by atoms with E-state index in [0.29, 0.717) is 35.9 Å². The Balaban J connectivity index is 1.79. The fourth-order valence-corrected chi connectivity index (χ4v) is 7.83. The molecule has 0 spiro atoms. The van der Waals surface area contributed by atoms with Crippen molar-refractivity contribution >= 4 is 25.4 Å². The van der Waals surface area contributed by atoms with Gasteiger partial charge in [-0.15, -0.1) is 0 Å². The minimum atomic E-state index is -4.43. The van der Waals surface area contributed by atoms with Crippen LogP contribution in [-0.2, 0) is 37.5 Å². The molecule has 2 rings (SSSR count). The number of phosphoric ester groups is 1. The molecule has 1 saturated heterocycles. The van der Waals surface area contributed by atoms with Gasteiger partial charge in [0.25, 0.3) is 0 Å². The van der Waals surface area contributed by atoms with E-state index in [1.54, 1.807) is 0 Å². The second-order valence-corrected chi connectivity index (χ2v) is 18.6. The van der Waals surface area contributed by atoms with Gasteiger partial charge in [0.15, 0.2) is 5.78 Å². The van der Waals surface area contributed by atoms with E-state index in [2.05, 4.69) is 26.0 Å². The van der Waals surface area contributed by atoms with Crippen LogP contribution < -0.4 is 0 Å². The lowest BCUT2D eigenvalue weighted by Crippen LogP contribution is -2.37. The number of ether oxygens (including phenoxy) is 2. The third kappa shape index (κ3) is 23.6. The number of hydrogen-bond donors (Lipinski definition) is 2. The van der Waals surface area contributed by atoms with E-state index in [9.17, 15) is 28.9 Å². The number of hydrogen-bond acceptors (Lipinski definition) is 9. The molecule has 2 fully saturated rings. The standard InChI is InChI=1S/C44H78NO10P/c1-6-8-10-12-14-15-16-17-18-19-20-22-24-29-44(49)52-34-36(35-54-56(50,51)53-31-30-45(3,4)5)39(46)27-25-28-42-43(55-42)32-38-37(40(47)33-41(38)48)26-23-21-13-11-9-7-2/h21,23,32,36-37,40,42-43,47H,6-20,22,24-31,33-35H2,1-5H3/p+1/b23-21-,38-32+/t36-,37?,40?,42?,43?/m1/s1. The van der Waals surface area contributed by atoms with Crippen molar-refractivity contribution in [2.45, 2.75) is 180 Å². The third-order valence-electron chi connectivity index (χ3n) is 10.8. The minimum absolute atomic E-state index is 0.00374. The zero-order valence-electron chi connectivity index (χ0n) is 35.8. The van der Waals surface area contributed by atoms with Crippen molar-refractivity contribution in [2.75, 3.05) is 47.5 Å². The van der Waals surface area contributed by atoms with Crippen LogP contribution in [0.25, 0.3) is 0 Å². The summed E-state index contributed by atoms with van der Waals surface area (Å²) in [6.45, 7) is 4.26. The number of esters is 1. The van der Waals surface area contributed by atoms with E-state index in [1.807, 2.05) is 27.2 Å². The number of aliphatic hydroxyl groups excluding tert-OH is 1. The number of likely N-dealkylation sites (N-methyl/N-ethyl adjacent to an activating group) is 1. The van der Waals surface area contributed by atoms with Crippen LogP contribution in [0.3, 0.4) is 0 Å². The highest BCUT2D eigenvalue weighted by atomic mass is 31.2. The summed E-state index contributed by atoms with van der Waals surface area (Å²) in [4.78, 5) is 48.9. The van der Waals surface area contributed by atoms with Gasteiger partial charge in [-0.3, -0.25) is 23.4 Å². The van der Waals surface area contributed by atoms with Gasteiger partial charge in [0, 0.05) is 25.2 Å². The number of nitrogens with zero attached hydrogens (tertiary/aromatic N) is 1. The molecule has 12 heteroatoms. The molecule has 324 valence electrons. The largest absolute Gasteiger partial charge is 0.472 e. The van der Waals surface area contributed by atoms with Gasteiger partial charge in [0.05, 0.1) is 45.9 Å². The first-order valence-electron chi connectivity index (χ1n) is 22.1. The lowest BCUT2D eigenvalue weighted by molar-refractivity contribution is -0.870. The maximum atomic E-state index is 13.4. The molecule has 0 amide bonds. The number of allylic oxidation sites excluding steroid dienone is 2. The number of aliphatic hydroxyl groups is 1. The molecule has 11 nitrogen and oxygen atoms in total. The average molecular weight is 813 g/mol. The molecule has 0 radical (unpaired) electrons. The van der Waals surface area contributed by atoms with Gasteiger partial charge in [-0.1, -0.05) is 116 Å². The maximum absolute atomic E-state index is 13.4. The lowest BCUT2D eigenvalue weighted by Gasteiger charge is -2.24. The summed E-state index contributed by atoms with van der Waals surface area (Å²) < 4.78 is 34.8. The Labute approximate surface area is 339 Å². The summed E-state index contributed by atoms with van der Waals surface area (Å²) in [5.41, 5.74) is 0.634. The van der Waals surface area contributed by atoms with Gasteiger partial charge in [-0.2, -0.15) is 0 Å². The van der Waals surface area contributed by atoms with Crippen LogP contribution in [0.1, 0.15) is 162 Å². The number of unbranched alkanes of at least 4 members (excludes halogenated alkanes) is 15. The van der Waals surface area contributed by atoms with Gasteiger partial charge in [-0.25, -0.2) is 4.57 Å². The van der Waals surface area contributed by atoms with E-state index in [1.165, 1.54) is 70.6 Å². The third-order valence-corrected chi connectivity index (χ3v) is 11.8. The Kier molecular flexibility index (Phi) is 25.8. The Hall–Kier alpha value is -1.72. The van der Waals surface area contributed by atoms with Crippen molar-refractivity contribution in [2.24, 2.45) is 11.8 Å². The van der Waals surface area contributed by atoms with Crippen molar-refractivity contribution in [3.8, 4) is 0 Å². The highest BCUT2D eigenvalue weighted by molar-refractivity contribution is 7.47. The number of quaternary nitrogens is 1. The van der Waals surface area contributed by atoms with Crippen LogP contribution in [0.4, 0.5) is 0 Å². The Morgan fingerprint density at radius 2 is 1.45 bits per heavy atom. The fraction of sp³-hybridized carbons (Fsp3) is 0.841. The van der Waals surface area contributed by atoms with Crippen LogP contribution in [0, 0.1) is 11.8 Å². The summed E-state index contributed by atoms with van der Waals surface area (Å²) in [5, 5.41) is 10.5. The van der Waals surface area contributed by atoms with E-state index < -0.39 is 32.4 Å². The summed E-state index contributed by atoms with van der Waals surface area (Å²) in [6, 6.07) is 0. The molecule has 1 aliphatic heterocycles. The second-order valence-electron chi connectivity index (χ2n) is 17.1. The Morgan fingerprint density at radius 3 is 2.07 bits per heavy atom. The predicted octanol–water partition coefficient (Wildman–Crippen LogP) is 9.38. The molecule has 5 unspecified atom stereocenters. The molecular formula is C44H79NO10P+. The maximum Gasteiger partial charge on any atom is 0.472 e. The van der Waals surface area contributed by atoms with Gasteiger partial charge in [0.1, 0.15) is 31.6 Å². The number of rotatable bonds is 35. The van der Waals surface area contributed by atoms with E-state index in [-0.39, 0.29) is 62.2 Å². The van der Waals surface area contributed by atoms with Crippen molar-refractivity contribution in [1.29, 1.82) is 0 Å². The van der Waals surface area contributed by atoms with Gasteiger partial charge < -0.3 is 24.0 Å². The topological polar surface area (TPSA) is 149 Å². The fourth-order valence-electron chi connectivity index (χ4n) is 7.07. The molecule has 2 aliphatic rings. The highest BCUT2D eigenvalue weighted by Gasteiger charge is 2.42. The first kappa shape index (κ1) is 50.4. The SMILES string of the molecule is CCCCC/C=C\CC1/C(=C\C2OC2CCCC(=O)[C@H](COC(=O)CCCCCCCCCCCCCCC)COP(=O)(O)OCC[N+](C)(C)C)C(=O)CC1O. The van der Waals surface area contributed by atoms with Gasteiger partial charge in [-0.05, 0) is 50.2 Å². The summed E-state index contributed by atoms with van der Waals surface area (Å²) in [5.74, 6) is -1.82. The van der Waals surface area contributed by atoms with Crippen LogP contribution in [-0.4, -0.2) is 97.8 Å². The molecule has 0 bridgehead atoms. The van der Waals surface area contributed by atoms with Gasteiger partial charge in [0.2, 0.25) is 0 Å². The van der Waals surface area contributed by atoms with Crippen molar-refractivity contribution < 1.29 is 52.0 Å². The van der Waals surface area contributed by atoms with E-state index >= 15 is 0 Å². The van der Waals surface area contributed by atoms with E-state index in [4.69, 9.17) is 18.5 Å². The molecule has 0 aromatic carbocycles. The van der Waals surface area contributed by atoms with Crippen LogP contribution in [0.5, 0.6) is 0 Å². The molecule has 6 atom stereocenters. The molecule has 0 aromatic heterocycles. The number of Topliss-reactive ketones (excluding diaryl/α,β-unsaturated/α-hetero) is 2. The first-order valence-corrected chi connectivity index (χ1v) is 23.6. The number of carbonyl (C=O) groups excluding carboxylic acids is 3. The molecule has 2 N–H and O–H groups in total. The quantitative estimate of drug-likeness (QED) is 0.0121. The van der Waals surface area contributed by atoms with Crippen molar-refractivity contribution in [3.05, 3.63) is 23.8 Å². The summed E-state index contributed by atoms with van der Waals surface area (Å²) in [7, 11) is 1.38. The smallest absolute Gasteiger partial charge is 0.465 e. The highest BCUT2D eigenvalue weighted by Crippen LogP contribution is 2.43. The van der Waals surface area contributed by atoms with Gasteiger partial charge >= 0.3 is 13.8 Å².